The van der Waals surface area contributed by atoms with E-state index in [2.05, 4.69) is 61.4 Å². The van der Waals surface area contributed by atoms with Gasteiger partial charge < -0.3 is 4.74 Å². The van der Waals surface area contributed by atoms with Crippen molar-refractivity contribution in [1.29, 1.82) is 0 Å². The summed E-state index contributed by atoms with van der Waals surface area (Å²) in [6, 6.07) is 6.00. The molecule has 2 aromatic rings. The number of aromatic nitrogens is 2. The second kappa shape index (κ2) is 7.51. The topological polar surface area (TPSA) is 65.1 Å². The lowest BCUT2D eigenvalue weighted by Crippen LogP contribution is -2.32. The van der Waals surface area contributed by atoms with Gasteiger partial charge in [0.15, 0.2) is 0 Å². The Bertz CT molecular complexity index is 615. The van der Waals surface area contributed by atoms with Gasteiger partial charge in [-0.25, -0.2) is 5.43 Å². The monoisotopic (exact) mass is 416 g/mol. The molecule has 0 spiro atoms. The highest BCUT2D eigenvalue weighted by molar-refractivity contribution is 9.10. The minimum atomic E-state index is -0.146. The highest BCUT2D eigenvalue weighted by Crippen LogP contribution is 2.31. The first-order valence-electron chi connectivity index (χ1n) is 6.50. The summed E-state index contributed by atoms with van der Waals surface area (Å²) < 4.78 is 9.00. The van der Waals surface area contributed by atoms with E-state index in [0.717, 1.165) is 25.8 Å². The van der Waals surface area contributed by atoms with Gasteiger partial charge in [-0.05, 0) is 46.1 Å². The summed E-state index contributed by atoms with van der Waals surface area (Å²) in [5.74, 6) is 5.81. The number of hydrogen-bond donors (Lipinski definition) is 2. The first-order valence-corrected chi connectivity index (χ1v) is 8.09. The number of hydrazine groups is 1. The summed E-state index contributed by atoms with van der Waals surface area (Å²) in [5, 5.41) is 4.38. The smallest absolute Gasteiger partial charge is 0.0892 e. The number of methoxy groups -OCH3 is 1. The van der Waals surface area contributed by atoms with Crippen molar-refractivity contribution in [3.8, 4) is 0 Å². The number of rotatable bonds is 6. The van der Waals surface area contributed by atoms with Gasteiger partial charge in [0.2, 0.25) is 0 Å². The quantitative estimate of drug-likeness (QED) is 0.560. The fourth-order valence-electron chi connectivity index (χ4n) is 2.29. The van der Waals surface area contributed by atoms with Gasteiger partial charge >= 0.3 is 0 Å². The summed E-state index contributed by atoms with van der Waals surface area (Å²) in [4.78, 5) is 0. The van der Waals surface area contributed by atoms with Crippen LogP contribution in [0.15, 0.2) is 33.3 Å². The predicted octanol–water partition coefficient (Wildman–Crippen LogP) is 2.92. The van der Waals surface area contributed by atoms with Gasteiger partial charge in [0.05, 0.1) is 35.6 Å². The SMILES string of the molecule is COCCn1ncc(Br)c1C(NN)c1ccc(Br)cc1C. The maximum atomic E-state index is 5.81. The maximum Gasteiger partial charge on any atom is 0.0892 e. The van der Waals surface area contributed by atoms with Crippen molar-refractivity contribution in [2.75, 3.05) is 13.7 Å². The van der Waals surface area contributed by atoms with Gasteiger partial charge in [0, 0.05) is 11.6 Å². The van der Waals surface area contributed by atoms with Crippen LogP contribution in [0.2, 0.25) is 0 Å². The van der Waals surface area contributed by atoms with Crippen LogP contribution in [0.5, 0.6) is 0 Å². The van der Waals surface area contributed by atoms with E-state index in [-0.39, 0.29) is 6.04 Å². The number of nitrogens with zero attached hydrogens (tertiary/aromatic N) is 2. The van der Waals surface area contributed by atoms with Crippen LogP contribution in [0, 0.1) is 6.92 Å². The standard InChI is InChI=1S/C14H18Br2N4O/c1-9-7-10(15)3-4-11(9)13(19-17)14-12(16)8-18-20(14)5-6-21-2/h3-4,7-8,13,19H,5-6,17H2,1-2H3. The molecule has 0 fully saturated rings. The van der Waals surface area contributed by atoms with Crippen LogP contribution in [0.4, 0.5) is 0 Å². The van der Waals surface area contributed by atoms with E-state index >= 15 is 0 Å². The van der Waals surface area contributed by atoms with E-state index in [0.29, 0.717) is 13.2 Å². The summed E-state index contributed by atoms with van der Waals surface area (Å²) in [6.45, 7) is 3.33. The lowest BCUT2D eigenvalue weighted by Gasteiger charge is -2.21. The van der Waals surface area contributed by atoms with Crippen molar-refractivity contribution in [1.82, 2.24) is 15.2 Å². The summed E-state index contributed by atoms with van der Waals surface area (Å²) in [5.41, 5.74) is 6.14. The van der Waals surface area contributed by atoms with Crippen molar-refractivity contribution >= 4 is 31.9 Å². The zero-order valence-electron chi connectivity index (χ0n) is 11.9. The molecule has 0 aliphatic heterocycles. The molecule has 0 radical (unpaired) electrons. The highest BCUT2D eigenvalue weighted by Gasteiger charge is 2.22. The Labute approximate surface area is 141 Å². The number of nitrogens with one attached hydrogen (secondary N) is 1. The van der Waals surface area contributed by atoms with Crippen LogP contribution in [0.25, 0.3) is 0 Å². The average Bonchev–Trinajstić information content (AvgIpc) is 2.81. The Kier molecular flexibility index (Phi) is 5.95. The summed E-state index contributed by atoms with van der Waals surface area (Å²) >= 11 is 7.04. The van der Waals surface area contributed by atoms with E-state index in [9.17, 15) is 0 Å². The molecule has 0 bridgehead atoms. The van der Waals surface area contributed by atoms with Crippen LogP contribution < -0.4 is 11.3 Å². The zero-order chi connectivity index (χ0) is 15.4. The van der Waals surface area contributed by atoms with Crippen molar-refractivity contribution in [2.24, 2.45) is 5.84 Å². The second-order valence-corrected chi connectivity index (χ2v) is 6.46. The Hall–Kier alpha value is -0.730. The van der Waals surface area contributed by atoms with Crippen LogP contribution in [0.3, 0.4) is 0 Å². The number of benzene rings is 1. The van der Waals surface area contributed by atoms with E-state index in [1.807, 2.05) is 10.7 Å². The Morgan fingerprint density at radius 3 is 2.81 bits per heavy atom. The number of ether oxygens (including phenoxy) is 1. The molecule has 2 rings (SSSR count). The predicted molar refractivity (Wildman–Crippen MR) is 89.8 cm³/mol. The molecule has 0 saturated carbocycles. The van der Waals surface area contributed by atoms with E-state index in [1.165, 1.54) is 0 Å². The van der Waals surface area contributed by atoms with Gasteiger partial charge in [0.1, 0.15) is 0 Å². The molecule has 0 amide bonds. The molecule has 1 heterocycles. The highest BCUT2D eigenvalue weighted by atomic mass is 79.9. The molecule has 114 valence electrons. The molecule has 1 atom stereocenters. The van der Waals surface area contributed by atoms with E-state index < -0.39 is 0 Å². The Balaban J connectivity index is 2.43. The average molecular weight is 418 g/mol. The van der Waals surface area contributed by atoms with Crippen molar-refractivity contribution in [3.05, 3.63) is 50.2 Å². The third-order valence-corrected chi connectivity index (χ3v) is 4.43. The van der Waals surface area contributed by atoms with Gasteiger partial charge in [-0.3, -0.25) is 10.5 Å². The van der Waals surface area contributed by atoms with Crippen LogP contribution in [-0.4, -0.2) is 23.5 Å². The molecule has 7 heteroatoms. The fraction of sp³-hybridized carbons (Fsp3) is 0.357. The van der Waals surface area contributed by atoms with Gasteiger partial charge in [-0.2, -0.15) is 5.10 Å². The molecule has 1 unspecified atom stereocenters. The van der Waals surface area contributed by atoms with Crippen LogP contribution in [0.1, 0.15) is 22.9 Å². The fourth-order valence-corrected chi connectivity index (χ4v) is 3.29. The summed E-state index contributed by atoms with van der Waals surface area (Å²) in [6.07, 6.45) is 1.78. The molecule has 1 aromatic carbocycles. The molecule has 0 aliphatic rings. The molecule has 0 aliphatic carbocycles. The number of nitrogens with two attached hydrogens (primary N) is 1. The first kappa shape index (κ1) is 16.6. The lowest BCUT2D eigenvalue weighted by molar-refractivity contribution is 0.182. The molecule has 5 nitrogen and oxygen atoms in total. The first-order chi connectivity index (χ1) is 10.1. The molecule has 1 aromatic heterocycles. The number of aryl methyl sites for hydroxylation is 1. The molecular weight excluding hydrogens is 400 g/mol. The minimum absolute atomic E-state index is 0.146. The van der Waals surface area contributed by atoms with Crippen molar-refractivity contribution in [3.63, 3.8) is 0 Å². The molecule has 0 saturated heterocycles. The maximum absolute atomic E-state index is 5.81. The third-order valence-electron chi connectivity index (χ3n) is 3.32. The number of hydrogen-bond acceptors (Lipinski definition) is 4. The zero-order valence-corrected chi connectivity index (χ0v) is 15.1. The van der Waals surface area contributed by atoms with Crippen molar-refractivity contribution in [2.45, 2.75) is 19.5 Å². The van der Waals surface area contributed by atoms with E-state index in [4.69, 9.17) is 10.6 Å². The Morgan fingerprint density at radius 1 is 1.43 bits per heavy atom. The van der Waals surface area contributed by atoms with E-state index in [1.54, 1.807) is 13.3 Å². The minimum Gasteiger partial charge on any atom is -0.383 e. The van der Waals surface area contributed by atoms with Crippen LogP contribution >= 0.6 is 31.9 Å². The number of halogens is 2. The second-order valence-electron chi connectivity index (χ2n) is 4.69. The van der Waals surface area contributed by atoms with Gasteiger partial charge in [-0.1, -0.05) is 22.0 Å². The van der Waals surface area contributed by atoms with Gasteiger partial charge in [-0.15, -0.1) is 0 Å². The normalized spacial score (nSPS) is 12.6. The third kappa shape index (κ3) is 3.73. The van der Waals surface area contributed by atoms with Crippen LogP contribution in [-0.2, 0) is 11.3 Å². The van der Waals surface area contributed by atoms with Crippen molar-refractivity contribution < 1.29 is 4.74 Å². The molecular formula is C14H18Br2N4O. The van der Waals surface area contributed by atoms with Gasteiger partial charge in [0.25, 0.3) is 0 Å². The summed E-state index contributed by atoms with van der Waals surface area (Å²) in [7, 11) is 1.68. The molecule has 21 heavy (non-hydrogen) atoms. The Morgan fingerprint density at radius 2 is 2.19 bits per heavy atom. The molecule has 3 N–H and O–H groups in total. The largest absolute Gasteiger partial charge is 0.383 e. The lowest BCUT2D eigenvalue weighted by atomic mass is 9.99.